The number of nitrogens with zero attached hydrogens (tertiary/aromatic N) is 4. The SMILES string of the molecule is CCOC(=O)C1=C(C)N=c2sc(=Cc3cc4ccccc4n3Cc3ccccc3[N+](=O)[O-])c(=O)n2[C@@H]1c1ccccc1. The molecule has 0 fully saturated rings. The molecule has 0 unspecified atom stereocenters. The zero-order chi connectivity index (χ0) is 29.4. The monoisotopic (exact) mass is 578 g/mol. The predicted octanol–water partition coefficient (Wildman–Crippen LogP) is 4.71. The van der Waals surface area contributed by atoms with Crippen LogP contribution in [0.3, 0.4) is 0 Å². The number of rotatable bonds is 7. The van der Waals surface area contributed by atoms with E-state index in [1.54, 1.807) is 42.7 Å². The fourth-order valence-electron chi connectivity index (χ4n) is 5.40. The van der Waals surface area contributed by atoms with E-state index in [9.17, 15) is 19.7 Å². The van der Waals surface area contributed by atoms with Gasteiger partial charge in [0, 0.05) is 28.2 Å². The Morgan fingerprint density at radius 2 is 1.79 bits per heavy atom. The van der Waals surface area contributed by atoms with Gasteiger partial charge in [-0.05, 0) is 37.6 Å². The molecule has 6 rings (SSSR count). The van der Waals surface area contributed by atoms with E-state index in [-0.39, 0.29) is 29.3 Å². The molecule has 0 spiro atoms. The third-order valence-corrected chi connectivity index (χ3v) is 8.25. The Labute approximate surface area is 244 Å². The quantitative estimate of drug-likeness (QED) is 0.158. The molecule has 0 aliphatic carbocycles. The molecule has 0 saturated heterocycles. The van der Waals surface area contributed by atoms with Gasteiger partial charge in [0.2, 0.25) is 0 Å². The summed E-state index contributed by atoms with van der Waals surface area (Å²) in [5.41, 5.74) is 3.50. The first kappa shape index (κ1) is 27.1. The van der Waals surface area contributed by atoms with Crippen molar-refractivity contribution in [3.63, 3.8) is 0 Å². The van der Waals surface area contributed by atoms with Gasteiger partial charge in [-0.3, -0.25) is 19.5 Å². The predicted molar refractivity (Wildman–Crippen MR) is 161 cm³/mol. The van der Waals surface area contributed by atoms with E-state index < -0.39 is 12.0 Å². The van der Waals surface area contributed by atoms with Crippen LogP contribution in [0.1, 0.15) is 36.7 Å². The molecular weight excluding hydrogens is 552 g/mol. The van der Waals surface area contributed by atoms with Crippen LogP contribution in [0.5, 0.6) is 0 Å². The maximum Gasteiger partial charge on any atom is 0.338 e. The van der Waals surface area contributed by atoms with Gasteiger partial charge in [0.1, 0.15) is 0 Å². The number of carbonyl (C=O) groups is 1. The molecule has 1 aliphatic rings. The normalized spacial score (nSPS) is 15.0. The number of nitro benzene ring substituents is 1. The average molecular weight is 579 g/mol. The number of hydrogen-bond donors (Lipinski definition) is 0. The summed E-state index contributed by atoms with van der Waals surface area (Å²) in [5, 5.41) is 12.7. The largest absolute Gasteiger partial charge is 0.463 e. The molecule has 2 aromatic heterocycles. The molecule has 0 bridgehead atoms. The number of para-hydroxylation sites is 2. The van der Waals surface area contributed by atoms with Gasteiger partial charge < -0.3 is 9.30 Å². The molecular formula is C32H26N4O5S. The molecule has 210 valence electrons. The minimum Gasteiger partial charge on any atom is -0.463 e. The zero-order valence-corrected chi connectivity index (χ0v) is 23.7. The van der Waals surface area contributed by atoms with Gasteiger partial charge in [0.15, 0.2) is 4.80 Å². The van der Waals surface area contributed by atoms with Crippen LogP contribution in [0.4, 0.5) is 5.69 Å². The van der Waals surface area contributed by atoms with E-state index in [4.69, 9.17) is 4.74 Å². The lowest BCUT2D eigenvalue weighted by atomic mass is 9.96. The Bertz CT molecular complexity index is 2070. The Balaban J connectivity index is 1.55. The molecule has 10 heteroatoms. The lowest BCUT2D eigenvalue weighted by molar-refractivity contribution is -0.385. The van der Waals surface area contributed by atoms with Crippen molar-refractivity contribution in [1.82, 2.24) is 9.13 Å². The standard InChI is InChI=1S/C32H26N4O5S/c1-3-41-31(38)28-20(2)33-32-35(29(28)21-11-5-4-6-12-21)30(37)27(42-32)18-24-17-22-13-7-9-15-25(22)34(24)19-23-14-8-10-16-26(23)36(39)40/h4-18,29H,3,19H2,1-2H3/t29-/m1/s1. The van der Waals surface area contributed by atoms with Gasteiger partial charge in [-0.15, -0.1) is 0 Å². The van der Waals surface area contributed by atoms with E-state index in [1.807, 2.05) is 65.2 Å². The molecule has 0 amide bonds. The first-order valence-corrected chi connectivity index (χ1v) is 14.2. The number of esters is 1. The number of thiazole rings is 1. The smallest absolute Gasteiger partial charge is 0.338 e. The van der Waals surface area contributed by atoms with Crippen molar-refractivity contribution in [3.05, 3.63) is 143 Å². The summed E-state index contributed by atoms with van der Waals surface area (Å²) in [5.74, 6) is -0.508. The second kappa shape index (κ2) is 11.1. The molecule has 1 atom stereocenters. The van der Waals surface area contributed by atoms with Crippen LogP contribution in [-0.2, 0) is 16.1 Å². The van der Waals surface area contributed by atoms with Gasteiger partial charge in [-0.25, -0.2) is 9.79 Å². The molecule has 42 heavy (non-hydrogen) atoms. The highest BCUT2D eigenvalue weighted by Gasteiger charge is 2.33. The molecule has 9 nitrogen and oxygen atoms in total. The summed E-state index contributed by atoms with van der Waals surface area (Å²) in [6.45, 7) is 3.94. The van der Waals surface area contributed by atoms with Gasteiger partial charge >= 0.3 is 5.97 Å². The molecule has 0 radical (unpaired) electrons. The maximum absolute atomic E-state index is 14.1. The van der Waals surface area contributed by atoms with Gasteiger partial charge in [0.05, 0.1) is 39.9 Å². The number of allylic oxidation sites excluding steroid dienone is 1. The van der Waals surface area contributed by atoms with Gasteiger partial charge in [0.25, 0.3) is 11.2 Å². The van der Waals surface area contributed by atoms with E-state index in [0.29, 0.717) is 26.2 Å². The minimum absolute atomic E-state index is 0.0328. The van der Waals surface area contributed by atoms with E-state index in [2.05, 4.69) is 4.99 Å². The molecule has 0 N–H and O–H groups in total. The summed E-state index contributed by atoms with van der Waals surface area (Å²) in [4.78, 5) is 43.6. The van der Waals surface area contributed by atoms with Crippen molar-refractivity contribution in [2.24, 2.45) is 4.99 Å². The molecule has 0 saturated carbocycles. The van der Waals surface area contributed by atoms with Crippen LogP contribution in [0, 0.1) is 10.1 Å². The van der Waals surface area contributed by atoms with Crippen LogP contribution in [0.2, 0.25) is 0 Å². The van der Waals surface area contributed by atoms with E-state index in [0.717, 1.165) is 22.2 Å². The topological polar surface area (TPSA) is 109 Å². The minimum atomic E-state index is -0.693. The highest BCUT2D eigenvalue weighted by atomic mass is 32.1. The lowest BCUT2D eigenvalue weighted by Gasteiger charge is -2.24. The van der Waals surface area contributed by atoms with Crippen molar-refractivity contribution in [3.8, 4) is 0 Å². The molecule has 3 aromatic carbocycles. The Kier molecular flexibility index (Phi) is 7.13. The summed E-state index contributed by atoms with van der Waals surface area (Å²) in [6.07, 6.45) is 1.80. The maximum atomic E-state index is 14.1. The molecule has 5 aromatic rings. The highest BCUT2D eigenvalue weighted by molar-refractivity contribution is 7.07. The fourth-order valence-corrected chi connectivity index (χ4v) is 6.43. The van der Waals surface area contributed by atoms with Gasteiger partial charge in [-0.2, -0.15) is 0 Å². The fraction of sp³-hybridized carbons (Fsp3) is 0.156. The van der Waals surface area contributed by atoms with E-state index in [1.165, 1.54) is 17.4 Å². The number of hydrogen-bond acceptors (Lipinski definition) is 7. The van der Waals surface area contributed by atoms with Crippen molar-refractivity contribution in [2.75, 3.05) is 6.61 Å². The molecule has 3 heterocycles. The third kappa shape index (κ3) is 4.75. The third-order valence-electron chi connectivity index (χ3n) is 7.27. The van der Waals surface area contributed by atoms with Crippen molar-refractivity contribution in [2.45, 2.75) is 26.4 Å². The average Bonchev–Trinajstić information content (AvgIpc) is 3.49. The number of aromatic nitrogens is 2. The van der Waals surface area contributed by atoms with Crippen LogP contribution >= 0.6 is 11.3 Å². The number of ether oxygens (including phenoxy) is 1. The zero-order valence-electron chi connectivity index (χ0n) is 22.9. The van der Waals surface area contributed by atoms with Crippen molar-refractivity contribution < 1.29 is 14.5 Å². The number of fused-ring (bicyclic) bond motifs is 2. The first-order chi connectivity index (χ1) is 20.4. The van der Waals surface area contributed by atoms with Crippen molar-refractivity contribution in [1.29, 1.82) is 0 Å². The van der Waals surface area contributed by atoms with Crippen LogP contribution < -0.4 is 14.9 Å². The summed E-state index contributed by atoms with van der Waals surface area (Å²) < 4.78 is 9.32. The Morgan fingerprint density at radius 1 is 1.07 bits per heavy atom. The number of carbonyl (C=O) groups excluding carboxylic acids is 1. The number of benzene rings is 3. The first-order valence-electron chi connectivity index (χ1n) is 13.4. The highest BCUT2D eigenvalue weighted by Crippen LogP contribution is 2.31. The second-order valence-electron chi connectivity index (χ2n) is 9.81. The van der Waals surface area contributed by atoms with Crippen LogP contribution in [0.15, 0.2) is 106 Å². The number of nitro groups is 1. The van der Waals surface area contributed by atoms with Crippen LogP contribution in [0.25, 0.3) is 17.0 Å². The van der Waals surface area contributed by atoms with E-state index >= 15 is 0 Å². The van der Waals surface area contributed by atoms with Gasteiger partial charge in [-0.1, -0.05) is 78.1 Å². The lowest BCUT2D eigenvalue weighted by Crippen LogP contribution is -2.40. The van der Waals surface area contributed by atoms with Crippen molar-refractivity contribution >= 4 is 40.0 Å². The Morgan fingerprint density at radius 3 is 2.55 bits per heavy atom. The molecule has 1 aliphatic heterocycles. The summed E-state index contributed by atoms with van der Waals surface area (Å²) in [6, 6.07) is 25.1. The second-order valence-corrected chi connectivity index (χ2v) is 10.8. The Hall–Kier alpha value is -5.09. The summed E-state index contributed by atoms with van der Waals surface area (Å²) >= 11 is 1.24. The van der Waals surface area contributed by atoms with Crippen LogP contribution in [-0.4, -0.2) is 26.6 Å². The summed E-state index contributed by atoms with van der Waals surface area (Å²) in [7, 11) is 0.